The number of methoxy groups -OCH3 is 1. The summed E-state index contributed by atoms with van der Waals surface area (Å²) < 4.78 is 5.15. The van der Waals surface area contributed by atoms with Crippen LogP contribution in [0, 0.1) is 0 Å². The molecule has 0 bridgehead atoms. The minimum atomic E-state index is -0.134. The van der Waals surface area contributed by atoms with Gasteiger partial charge in [-0.2, -0.15) is 0 Å². The van der Waals surface area contributed by atoms with Crippen LogP contribution in [0.5, 0.6) is 5.75 Å². The molecule has 5 heteroatoms. The molecule has 1 aliphatic rings. The van der Waals surface area contributed by atoms with Crippen molar-refractivity contribution >= 4 is 23.4 Å². The second-order valence-corrected chi connectivity index (χ2v) is 6.53. The standard InChI is InChI=1S/C22H27N3O2/c1-3-24-14-16-25(17-15-24)21-7-5-4-6-20(21)23-22(26)13-10-18-8-11-19(27-2)12-9-18/h4-13H,3,14-17H2,1-2H3,(H,23,26)/b13-10+. The van der Waals surface area contributed by atoms with Crippen molar-refractivity contribution < 1.29 is 9.53 Å². The summed E-state index contributed by atoms with van der Waals surface area (Å²) in [6.07, 6.45) is 3.37. The van der Waals surface area contributed by atoms with Crippen LogP contribution in [0.25, 0.3) is 6.08 Å². The van der Waals surface area contributed by atoms with Crippen LogP contribution in [0.4, 0.5) is 11.4 Å². The number of likely N-dealkylation sites (N-methyl/N-ethyl adjacent to an activating group) is 1. The van der Waals surface area contributed by atoms with Gasteiger partial charge >= 0.3 is 0 Å². The first-order valence-electron chi connectivity index (χ1n) is 9.39. The van der Waals surface area contributed by atoms with E-state index in [9.17, 15) is 4.79 Å². The zero-order chi connectivity index (χ0) is 19.1. The molecule has 0 saturated carbocycles. The topological polar surface area (TPSA) is 44.8 Å². The van der Waals surface area contributed by atoms with Crippen molar-refractivity contribution in [2.75, 3.05) is 50.1 Å². The summed E-state index contributed by atoms with van der Waals surface area (Å²) in [5.41, 5.74) is 2.89. The molecule has 0 aromatic heterocycles. The highest BCUT2D eigenvalue weighted by molar-refractivity contribution is 6.03. The van der Waals surface area contributed by atoms with Crippen molar-refractivity contribution in [1.82, 2.24) is 4.90 Å². The van der Waals surface area contributed by atoms with Crippen molar-refractivity contribution in [3.63, 3.8) is 0 Å². The average molecular weight is 365 g/mol. The summed E-state index contributed by atoms with van der Waals surface area (Å²) in [5, 5.41) is 3.02. The number of hydrogen-bond acceptors (Lipinski definition) is 4. The number of carbonyl (C=O) groups excluding carboxylic acids is 1. The fraction of sp³-hybridized carbons (Fsp3) is 0.318. The SMILES string of the molecule is CCN1CCN(c2ccccc2NC(=O)/C=C/c2ccc(OC)cc2)CC1. The number of rotatable bonds is 6. The molecule has 1 saturated heterocycles. The van der Waals surface area contributed by atoms with Gasteiger partial charge in [-0.25, -0.2) is 0 Å². The summed E-state index contributed by atoms with van der Waals surface area (Å²) >= 11 is 0. The molecule has 142 valence electrons. The highest BCUT2D eigenvalue weighted by atomic mass is 16.5. The fourth-order valence-electron chi connectivity index (χ4n) is 3.22. The molecular formula is C22H27N3O2. The van der Waals surface area contributed by atoms with Crippen molar-refractivity contribution in [2.45, 2.75) is 6.92 Å². The Kier molecular flexibility index (Phi) is 6.49. The summed E-state index contributed by atoms with van der Waals surface area (Å²) in [7, 11) is 1.64. The van der Waals surface area contributed by atoms with Crippen molar-refractivity contribution in [3.05, 3.63) is 60.2 Å². The van der Waals surface area contributed by atoms with Gasteiger partial charge in [-0.05, 0) is 42.4 Å². The molecule has 0 unspecified atom stereocenters. The molecule has 0 spiro atoms. The number of amides is 1. The third kappa shape index (κ3) is 5.11. The van der Waals surface area contributed by atoms with Gasteiger partial charge in [0.2, 0.25) is 5.91 Å². The second kappa shape index (κ2) is 9.24. The lowest BCUT2D eigenvalue weighted by molar-refractivity contribution is -0.111. The lowest BCUT2D eigenvalue weighted by Crippen LogP contribution is -2.46. The summed E-state index contributed by atoms with van der Waals surface area (Å²) in [4.78, 5) is 17.2. The molecular weight excluding hydrogens is 338 g/mol. The molecule has 0 radical (unpaired) electrons. The van der Waals surface area contributed by atoms with E-state index < -0.39 is 0 Å². The van der Waals surface area contributed by atoms with E-state index in [4.69, 9.17) is 4.74 Å². The first kappa shape index (κ1) is 19.0. The minimum absolute atomic E-state index is 0.134. The summed E-state index contributed by atoms with van der Waals surface area (Å²) in [5.74, 6) is 0.666. The molecule has 0 aliphatic carbocycles. The van der Waals surface area contributed by atoms with Gasteiger partial charge in [0.1, 0.15) is 5.75 Å². The van der Waals surface area contributed by atoms with Gasteiger partial charge in [0.25, 0.3) is 0 Å². The Bertz CT molecular complexity index is 778. The molecule has 3 rings (SSSR count). The van der Waals surface area contributed by atoms with Gasteiger partial charge in [-0.3, -0.25) is 4.79 Å². The number of piperazine rings is 1. The second-order valence-electron chi connectivity index (χ2n) is 6.53. The largest absolute Gasteiger partial charge is 0.497 e. The Morgan fingerprint density at radius 2 is 1.78 bits per heavy atom. The zero-order valence-corrected chi connectivity index (χ0v) is 16.0. The summed E-state index contributed by atoms with van der Waals surface area (Å²) in [6.45, 7) is 7.33. The van der Waals surface area contributed by atoms with E-state index in [-0.39, 0.29) is 5.91 Å². The average Bonchev–Trinajstić information content (AvgIpc) is 2.73. The lowest BCUT2D eigenvalue weighted by Gasteiger charge is -2.36. The molecule has 1 heterocycles. The van der Waals surface area contributed by atoms with E-state index in [1.807, 2.05) is 42.5 Å². The third-order valence-electron chi connectivity index (χ3n) is 4.87. The first-order valence-corrected chi connectivity index (χ1v) is 9.39. The van der Waals surface area contributed by atoms with E-state index in [0.717, 1.165) is 55.4 Å². The van der Waals surface area contributed by atoms with Gasteiger partial charge in [-0.15, -0.1) is 0 Å². The van der Waals surface area contributed by atoms with Gasteiger partial charge in [0.05, 0.1) is 18.5 Å². The number of hydrogen-bond donors (Lipinski definition) is 1. The minimum Gasteiger partial charge on any atom is -0.497 e. The van der Waals surface area contributed by atoms with Crippen molar-refractivity contribution in [2.24, 2.45) is 0 Å². The number of para-hydroxylation sites is 2. The Balaban J connectivity index is 1.64. The van der Waals surface area contributed by atoms with E-state index >= 15 is 0 Å². The predicted molar refractivity (Wildman–Crippen MR) is 111 cm³/mol. The maximum absolute atomic E-state index is 12.4. The third-order valence-corrected chi connectivity index (χ3v) is 4.87. The van der Waals surface area contributed by atoms with Gasteiger partial charge < -0.3 is 19.9 Å². The molecule has 1 fully saturated rings. The normalized spacial score (nSPS) is 15.1. The highest BCUT2D eigenvalue weighted by Gasteiger charge is 2.18. The van der Waals surface area contributed by atoms with Crippen LogP contribution in [0.3, 0.4) is 0 Å². The van der Waals surface area contributed by atoms with Crippen LogP contribution in [0.2, 0.25) is 0 Å². The molecule has 5 nitrogen and oxygen atoms in total. The van der Waals surface area contributed by atoms with Crippen LogP contribution in [-0.4, -0.2) is 50.6 Å². The highest BCUT2D eigenvalue weighted by Crippen LogP contribution is 2.26. The number of anilines is 2. The van der Waals surface area contributed by atoms with Crippen LogP contribution in [-0.2, 0) is 4.79 Å². The molecule has 1 aliphatic heterocycles. The van der Waals surface area contributed by atoms with Gasteiger partial charge in [0.15, 0.2) is 0 Å². The van der Waals surface area contributed by atoms with Gasteiger partial charge in [0, 0.05) is 32.3 Å². The lowest BCUT2D eigenvalue weighted by atomic mass is 10.2. The molecule has 1 N–H and O–H groups in total. The zero-order valence-electron chi connectivity index (χ0n) is 16.0. The molecule has 0 atom stereocenters. The number of benzene rings is 2. The number of carbonyl (C=O) groups is 1. The first-order chi connectivity index (χ1) is 13.2. The van der Waals surface area contributed by atoms with Crippen molar-refractivity contribution in [1.29, 1.82) is 0 Å². The molecule has 27 heavy (non-hydrogen) atoms. The van der Waals surface area contributed by atoms with Gasteiger partial charge in [-0.1, -0.05) is 31.2 Å². The van der Waals surface area contributed by atoms with Crippen LogP contribution in [0.1, 0.15) is 12.5 Å². The van der Waals surface area contributed by atoms with Crippen molar-refractivity contribution in [3.8, 4) is 5.75 Å². The summed E-state index contributed by atoms with van der Waals surface area (Å²) in [6, 6.07) is 15.6. The number of ether oxygens (including phenoxy) is 1. The maximum Gasteiger partial charge on any atom is 0.248 e. The molecule has 1 amide bonds. The smallest absolute Gasteiger partial charge is 0.248 e. The fourth-order valence-corrected chi connectivity index (χ4v) is 3.22. The van der Waals surface area contributed by atoms with Crippen LogP contribution < -0.4 is 15.0 Å². The van der Waals surface area contributed by atoms with E-state index in [1.54, 1.807) is 19.3 Å². The van der Waals surface area contributed by atoms with E-state index in [0.29, 0.717) is 0 Å². The number of nitrogens with one attached hydrogen (secondary N) is 1. The predicted octanol–water partition coefficient (Wildman–Crippen LogP) is 3.49. The Labute approximate surface area is 161 Å². The Hall–Kier alpha value is -2.79. The molecule has 2 aromatic rings. The Morgan fingerprint density at radius 1 is 1.07 bits per heavy atom. The van der Waals surface area contributed by atoms with Crippen LogP contribution in [0.15, 0.2) is 54.6 Å². The molecule has 2 aromatic carbocycles. The maximum atomic E-state index is 12.4. The quantitative estimate of drug-likeness (QED) is 0.796. The monoisotopic (exact) mass is 365 g/mol. The van der Waals surface area contributed by atoms with E-state index in [2.05, 4.69) is 28.1 Å². The Morgan fingerprint density at radius 3 is 2.44 bits per heavy atom. The number of nitrogens with zero attached hydrogens (tertiary/aromatic N) is 2. The van der Waals surface area contributed by atoms with Crippen LogP contribution >= 0.6 is 0 Å². The van der Waals surface area contributed by atoms with E-state index in [1.165, 1.54) is 0 Å².